The maximum absolute atomic E-state index is 13.1. The van der Waals surface area contributed by atoms with Crippen molar-refractivity contribution in [2.24, 2.45) is 0 Å². The maximum Gasteiger partial charge on any atom is 0.375 e. The van der Waals surface area contributed by atoms with Gasteiger partial charge in [-0.25, -0.2) is 9.18 Å². The summed E-state index contributed by atoms with van der Waals surface area (Å²) in [6.07, 6.45) is 0. The van der Waals surface area contributed by atoms with Crippen LogP contribution in [0.3, 0.4) is 0 Å². The molecule has 4 aromatic rings. The number of furan rings is 1. The summed E-state index contributed by atoms with van der Waals surface area (Å²) >= 11 is 0. The number of carbonyl (C=O) groups is 1. The Balaban J connectivity index is 1.54. The Morgan fingerprint density at radius 1 is 1.10 bits per heavy atom. The standard InChI is InChI=1S/C23H20FNO5/c1-3-27-12-18-17-6-4-5-7-20(17)29-22(18)23(26)28-13-19-14(2)21(30-25-19)15-8-10-16(24)11-9-15/h4-11H,3,12-13H2,1-2H3. The van der Waals surface area contributed by atoms with E-state index in [1.807, 2.05) is 25.1 Å². The zero-order valence-corrected chi connectivity index (χ0v) is 16.6. The molecule has 154 valence electrons. The fourth-order valence-corrected chi connectivity index (χ4v) is 3.18. The van der Waals surface area contributed by atoms with Crippen molar-refractivity contribution in [1.82, 2.24) is 5.16 Å². The van der Waals surface area contributed by atoms with E-state index in [4.69, 9.17) is 18.4 Å². The fourth-order valence-electron chi connectivity index (χ4n) is 3.18. The molecule has 0 aliphatic rings. The first-order valence-electron chi connectivity index (χ1n) is 9.54. The zero-order chi connectivity index (χ0) is 21.1. The lowest BCUT2D eigenvalue weighted by Gasteiger charge is -2.04. The number of halogens is 1. The van der Waals surface area contributed by atoms with Crippen LogP contribution in [-0.2, 0) is 22.7 Å². The van der Waals surface area contributed by atoms with E-state index in [0.29, 0.717) is 40.3 Å². The number of benzene rings is 2. The second-order valence-corrected chi connectivity index (χ2v) is 6.71. The number of ether oxygens (including phenoxy) is 2. The normalized spacial score (nSPS) is 11.2. The number of nitrogens with zero attached hydrogens (tertiary/aromatic N) is 1. The quantitative estimate of drug-likeness (QED) is 0.379. The van der Waals surface area contributed by atoms with Crippen LogP contribution in [0.1, 0.15) is 34.3 Å². The van der Waals surface area contributed by atoms with Crippen molar-refractivity contribution < 1.29 is 27.6 Å². The first-order valence-corrected chi connectivity index (χ1v) is 9.54. The molecule has 0 saturated carbocycles. The highest BCUT2D eigenvalue weighted by Gasteiger charge is 2.23. The van der Waals surface area contributed by atoms with E-state index in [2.05, 4.69) is 5.16 Å². The van der Waals surface area contributed by atoms with Crippen molar-refractivity contribution in [3.8, 4) is 11.3 Å². The lowest BCUT2D eigenvalue weighted by molar-refractivity contribution is 0.0421. The molecule has 0 saturated heterocycles. The average Bonchev–Trinajstić information content (AvgIpc) is 3.31. The van der Waals surface area contributed by atoms with Gasteiger partial charge in [-0.2, -0.15) is 0 Å². The third kappa shape index (κ3) is 3.84. The number of carbonyl (C=O) groups excluding carboxylic acids is 1. The van der Waals surface area contributed by atoms with Crippen molar-refractivity contribution >= 4 is 16.9 Å². The molecule has 0 atom stereocenters. The Morgan fingerprint density at radius 2 is 1.87 bits per heavy atom. The smallest absolute Gasteiger partial charge is 0.375 e. The van der Waals surface area contributed by atoms with E-state index in [1.165, 1.54) is 12.1 Å². The number of aromatic nitrogens is 1. The van der Waals surface area contributed by atoms with Crippen molar-refractivity contribution in [1.29, 1.82) is 0 Å². The van der Waals surface area contributed by atoms with Gasteiger partial charge >= 0.3 is 5.97 Å². The average molecular weight is 409 g/mol. The van der Waals surface area contributed by atoms with E-state index in [0.717, 1.165) is 5.39 Å². The van der Waals surface area contributed by atoms with E-state index in [1.54, 1.807) is 25.1 Å². The van der Waals surface area contributed by atoms with Gasteiger partial charge in [0.2, 0.25) is 5.76 Å². The van der Waals surface area contributed by atoms with Crippen LogP contribution in [0, 0.1) is 12.7 Å². The molecule has 2 aromatic carbocycles. The molecular formula is C23H20FNO5. The van der Waals surface area contributed by atoms with Gasteiger partial charge in [0.1, 0.15) is 23.7 Å². The fraction of sp³-hybridized carbons (Fsp3) is 0.217. The molecule has 7 heteroatoms. The minimum absolute atomic E-state index is 0.0829. The minimum atomic E-state index is -0.605. The molecule has 6 nitrogen and oxygen atoms in total. The van der Waals surface area contributed by atoms with Gasteiger partial charge in [0, 0.05) is 28.7 Å². The van der Waals surface area contributed by atoms with Crippen LogP contribution in [0.5, 0.6) is 0 Å². The largest absolute Gasteiger partial charge is 0.453 e. The summed E-state index contributed by atoms with van der Waals surface area (Å²) in [6.45, 7) is 4.36. The summed E-state index contributed by atoms with van der Waals surface area (Å²) in [5.74, 6) is -0.322. The second-order valence-electron chi connectivity index (χ2n) is 6.71. The van der Waals surface area contributed by atoms with Gasteiger partial charge in [-0.15, -0.1) is 0 Å². The molecule has 0 amide bonds. The minimum Gasteiger partial charge on any atom is -0.453 e. The number of hydrogen-bond donors (Lipinski definition) is 0. The monoisotopic (exact) mass is 409 g/mol. The predicted molar refractivity (Wildman–Crippen MR) is 107 cm³/mol. The highest BCUT2D eigenvalue weighted by atomic mass is 19.1. The van der Waals surface area contributed by atoms with Crippen LogP contribution >= 0.6 is 0 Å². The van der Waals surface area contributed by atoms with Gasteiger partial charge in [-0.1, -0.05) is 23.4 Å². The molecule has 0 radical (unpaired) electrons. The molecule has 0 spiro atoms. The molecule has 30 heavy (non-hydrogen) atoms. The van der Waals surface area contributed by atoms with Gasteiger partial charge in [0.15, 0.2) is 5.76 Å². The maximum atomic E-state index is 13.1. The Kier molecular flexibility index (Phi) is 5.63. The van der Waals surface area contributed by atoms with E-state index in [-0.39, 0.29) is 24.8 Å². The van der Waals surface area contributed by atoms with Gasteiger partial charge in [-0.3, -0.25) is 0 Å². The Bertz CT molecular complexity index is 1180. The van der Waals surface area contributed by atoms with Gasteiger partial charge in [-0.05, 0) is 44.2 Å². The zero-order valence-electron chi connectivity index (χ0n) is 16.6. The molecule has 0 N–H and O–H groups in total. The van der Waals surface area contributed by atoms with E-state index in [9.17, 15) is 9.18 Å². The summed E-state index contributed by atoms with van der Waals surface area (Å²) in [7, 11) is 0. The van der Waals surface area contributed by atoms with Crippen LogP contribution in [-0.4, -0.2) is 17.7 Å². The Hall–Kier alpha value is -3.45. The Morgan fingerprint density at radius 3 is 2.63 bits per heavy atom. The third-order valence-corrected chi connectivity index (χ3v) is 4.80. The summed E-state index contributed by atoms with van der Waals surface area (Å²) in [5.41, 5.74) is 3.13. The molecule has 2 aromatic heterocycles. The topological polar surface area (TPSA) is 74.7 Å². The SMILES string of the molecule is CCOCc1c(C(=O)OCc2noc(-c3ccc(F)cc3)c2C)oc2ccccc12. The second kappa shape index (κ2) is 8.51. The molecule has 0 aliphatic carbocycles. The molecule has 0 unspecified atom stereocenters. The molecule has 4 rings (SSSR count). The van der Waals surface area contributed by atoms with Crippen molar-refractivity contribution in [2.45, 2.75) is 27.1 Å². The van der Waals surface area contributed by atoms with Crippen LogP contribution < -0.4 is 0 Å². The van der Waals surface area contributed by atoms with E-state index < -0.39 is 5.97 Å². The van der Waals surface area contributed by atoms with Crippen molar-refractivity contribution in [3.63, 3.8) is 0 Å². The van der Waals surface area contributed by atoms with Gasteiger partial charge in [0.05, 0.1) is 6.61 Å². The van der Waals surface area contributed by atoms with Crippen molar-refractivity contribution in [3.05, 3.63) is 76.9 Å². The van der Waals surface area contributed by atoms with Crippen LogP contribution in [0.2, 0.25) is 0 Å². The molecule has 0 fully saturated rings. The first-order chi connectivity index (χ1) is 14.6. The highest BCUT2D eigenvalue weighted by Crippen LogP contribution is 2.29. The van der Waals surface area contributed by atoms with E-state index >= 15 is 0 Å². The Labute approximate surface area is 172 Å². The number of para-hydroxylation sites is 1. The molecular weight excluding hydrogens is 389 g/mol. The van der Waals surface area contributed by atoms with Crippen LogP contribution in [0.15, 0.2) is 57.5 Å². The molecule has 0 bridgehead atoms. The summed E-state index contributed by atoms with van der Waals surface area (Å²) in [4.78, 5) is 12.7. The summed E-state index contributed by atoms with van der Waals surface area (Å²) in [6, 6.07) is 13.3. The number of esters is 1. The third-order valence-electron chi connectivity index (χ3n) is 4.80. The highest BCUT2D eigenvalue weighted by molar-refractivity contribution is 5.96. The number of fused-ring (bicyclic) bond motifs is 1. The molecule has 2 heterocycles. The van der Waals surface area contributed by atoms with Crippen LogP contribution in [0.4, 0.5) is 4.39 Å². The lowest BCUT2D eigenvalue weighted by atomic mass is 10.1. The van der Waals surface area contributed by atoms with Crippen molar-refractivity contribution in [2.75, 3.05) is 6.61 Å². The summed E-state index contributed by atoms with van der Waals surface area (Å²) in [5, 5.41) is 4.81. The number of rotatable bonds is 7. The first kappa shape index (κ1) is 19.8. The predicted octanol–water partition coefficient (Wildman–Crippen LogP) is 5.43. The number of hydrogen-bond acceptors (Lipinski definition) is 6. The lowest BCUT2D eigenvalue weighted by Crippen LogP contribution is -2.08. The van der Waals surface area contributed by atoms with Crippen LogP contribution in [0.25, 0.3) is 22.3 Å². The molecule has 0 aliphatic heterocycles. The van der Waals surface area contributed by atoms with Gasteiger partial charge in [0.25, 0.3) is 0 Å². The van der Waals surface area contributed by atoms with Gasteiger partial charge < -0.3 is 18.4 Å². The summed E-state index contributed by atoms with van der Waals surface area (Å²) < 4.78 is 35.2.